The molecule has 0 fully saturated rings. The molecule has 0 saturated carbocycles. The smallest absolute Gasteiger partial charge is 0.266 e. The van der Waals surface area contributed by atoms with Gasteiger partial charge in [-0.3, -0.25) is 4.79 Å². The van der Waals surface area contributed by atoms with E-state index < -0.39 is 5.91 Å². The van der Waals surface area contributed by atoms with E-state index in [9.17, 15) is 10.1 Å². The molecule has 0 aliphatic heterocycles. The van der Waals surface area contributed by atoms with Crippen molar-refractivity contribution >= 4 is 29.3 Å². The van der Waals surface area contributed by atoms with Crippen LogP contribution in [0.25, 0.3) is 6.08 Å². The molecule has 1 N–H and O–H groups in total. The fourth-order valence-electron chi connectivity index (χ4n) is 2.07. The van der Waals surface area contributed by atoms with Crippen LogP contribution >= 0.6 is 11.6 Å². The zero-order chi connectivity index (χ0) is 17.5. The Morgan fingerprint density at radius 3 is 2.62 bits per heavy atom. The van der Waals surface area contributed by atoms with Crippen molar-refractivity contribution < 1.29 is 9.53 Å². The van der Waals surface area contributed by atoms with Gasteiger partial charge in [0.2, 0.25) is 0 Å². The third kappa shape index (κ3) is 4.37. The highest BCUT2D eigenvalue weighted by Gasteiger charge is 2.11. The summed E-state index contributed by atoms with van der Waals surface area (Å²) in [4.78, 5) is 12.3. The zero-order valence-electron chi connectivity index (χ0n) is 13.5. The molecule has 0 aromatic heterocycles. The minimum absolute atomic E-state index is 0.0125. The summed E-state index contributed by atoms with van der Waals surface area (Å²) in [5.74, 6) is 0.268. The lowest BCUT2D eigenvalue weighted by Gasteiger charge is -2.09. The summed E-state index contributed by atoms with van der Waals surface area (Å²) >= 11 is 6.04. The molecule has 2 rings (SSSR count). The Hall–Kier alpha value is -2.77. The highest BCUT2D eigenvalue weighted by molar-refractivity contribution is 6.31. The van der Waals surface area contributed by atoms with Crippen molar-refractivity contribution in [3.8, 4) is 11.8 Å². The van der Waals surface area contributed by atoms with Crippen molar-refractivity contribution in [2.24, 2.45) is 0 Å². The Morgan fingerprint density at radius 1 is 1.29 bits per heavy atom. The second kappa shape index (κ2) is 8.19. The van der Waals surface area contributed by atoms with E-state index in [1.54, 1.807) is 49.4 Å². The maximum Gasteiger partial charge on any atom is 0.266 e. The molecule has 0 radical (unpaired) electrons. The third-order valence-corrected chi connectivity index (χ3v) is 3.79. The van der Waals surface area contributed by atoms with Gasteiger partial charge in [-0.2, -0.15) is 5.26 Å². The molecular weight excluding hydrogens is 324 g/mol. The number of carbonyl (C=O) groups is 1. The summed E-state index contributed by atoms with van der Waals surface area (Å²) in [7, 11) is 0. The third-order valence-electron chi connectivity index (χ3n) is 3.38. The maximum atomic E-state index is 12.3. The molecule has 122 valence electrons. The zero-order valence-corrected chi connectivity index (χ0v) is 14.2. The summed E-state index contributed by atoms with van der Waals surface area (Å²) < 4.78 is 5.37. The van der Waals surface area contributed by atoms with Crippen LogP contribution in [0.15, 0.2) is 48.0 Å². The van der Waals surface area contributed by atoms with E-state index in [0.717, 1.165) is 16.9 Å². The molecule has 5 heteroatoms. The van der Waals surface area contributed by atoms with Crippen LogP contribution in [-0.4, -0.2) is 12.5 Å². The number of hydrogen-bond acceptors (Lipinski definition) is 3. The second-order valence-corrected chi connectivity index (χ2v) is 5.45. The normalized spacial score (nSPS) is 10.8. The molecule has 0 heterocycles. The summed E-state index contributed by atoms with van der Waals surface area (Å²) in [6, 6.07) is 14.3. The Kier molecular flexibility index (Phi) is 6.00. The lowest BCUT2D eigenvalue weighted by molar-refractivity contribution is -0.112. The van der Waals surface area contributed by atoms with Crippen molar-refractivity contribution in [1.82, 2.24) is 0 Å². The summed E-state index contributed by atoms with van der Waals surface area (Å²) in [6.45, 7) is 4.30. The van der Waals surface area contributed by atoms with E-state index in [4.69, 9.17) is 16.3 Å². The SMILES string of the molecule is CCOc1ccc(/C=C(\C#N)C(=O)Nc2cccc(Cl)c2C)cc1. The molecule has 0 saturated heterocycles. The highest BCUT2D eigenvalue weighted by atomic mass is 35.5. The van der Waals surface area contributed by atoms with Gasteiger partial charge in [-0.1, -0.05) is 29.8 Å². The number of nitriles is 1. The summed E-state index contributed by atoms with van der Waals surface area (Å²) in [6.07, 6.45) is 1.53. The predicted molar refractivity (Wildman–Crippen MR) is 96.0 cm³/mol. The summed E-state index contributed by atoms with van der Waals surface area (Å²) in [5.41, 5.74) is 2.10. The quantitative estimate of drug-likeness (QED) is 0.639. The summed E-state index contributed by atoms with van der Waals surface area (Å²) in [5, 5.41) is 12.5. The lowest BCUT2D eigenvalue weighted by Crippen LogP contribution is -2.14. The van der Waals surface area contributed by atoms with E-state index in [1.807, 2.05) is 13.0 Å². The molecule has 0 aliphatic rings. The van der Waals surface area contributed by atoms with E-state index in [2.05, 4.69) is 5.32 Å². The van der Waals surface area contributed by atoms with Gasteiger partial charge in [0, 0.05) is 10.7 Å². The topological polar surface area (TPSA) is 62.1 Å². The molecule has 0 aliphatic carbocycles. The molecule has 2 aromatic rings. The molecule has 4 nitrogen and oxygen atoms in total. The lowest BCUT2D eigenvalue weighted by atomic mass is 10.1. The van der Waals surface area contributed by atoms with Gasteiger partial charge in [0.05, 0.1) is 6.61 Å². The minimum atomic E-state index is -0.475. The minimum Gasteiger partial charge on any atom is -0.494 e. The van der Waals surface area contributed by atoms with E-state index in [-0.39, 0.29) is 5.57 Å². The first-order valence-electron chi connectivity index (χ1n) is 7.46. The van der Waals surface area contributed by atoms with Crippen LogP contribution in [0.5, 0.6) is 5.75 Å². The van der Waals surface area contributed by atoms with E-state index in [1.165, 1.54) is 6.08 Å². The number of amides is 1. The van der Waals surface area contributed by atoms with Crippen LogP contribution in [0.3, 0.4) is 0 Å². The van der Waals surface area contributed by atoms with Crippen LogP contribution in [0, 0.1) is 18.3 Å². The number of benzene rings is 2. The molecule has 0 unspecified atom stereocenters. The number of anilines is 1. The van der Waals surface area contributed by atoms with Gasteiger partial charge in [-0.05, 0) is 55.3 Å². The number of rotatable bonds is 5. The van der Waals surface area contributed by atoms with Gasteiger partial charge in [0.1, 0.15) is 17.4 Å². The van der Waals surface area contributed by atoms with Crippen molar-refractivity contribution in [1.29, 1.82) is 5.26 Å². The Labute approximate surface area is 146 Å². The first-order chi connectivity index (χ1) is 11.5. The molecule has 0 atom stereocenters. The average Bonchev–Trinajstić information content (AvgIpc) is 2.58. The standard InChI is InChI=1S/C19H17ClN2O2/c1-3-24-16-9-7-14(8-10-16)11-15(12-21)19(23)22-18-6-4-5-17(20)13(18)2/h4-11H,3H2,1-2H3,(H,22,23)/b15-11+. The van der Waals surface area contributed by atoms with Crippen LogP contribution in [0.2, 0.25) is 5.02 Å². The van der Waals surface area contributed by atoms with Gasteiger partial charge < -0.3 is 10.1 Å². The molecule has 2 aromatic carbocycles. The van der Waals surface area contributed by atoms with Crippen LogP contribution in [0.4, 0.5) is 5.69 Å². The molecule has 1 amide bonds. The van der Waals surface area contributed by atoms with Crippen molar-refractivity contribution in [2.45, 2.75) is 13.8 Å². The number of ether oxygens (including phenoxy) is 1. The number of carbonyl (C=O) groups excluding carboxylic acids is 1. The first-order valence-corrected chi connectivity index (χ1v) is 7.84. The molecule has 0 spiro atoms. The highest BCUT2D eigenvalue weighted by Crippen LogP contribution is 2.23. The number of nitrogens with zero attached hydrogens (tertiary/aromatic N) is 1. The monoisotopic (exact) mass is 340 g/mol. The van der Waals surface area contributed by atoms with Crippen LogP contribution in [-0.2, 0) is 4.79 Å². The van der Waals surface area contributed by atoms with Gasteiger partial charge in [-0.25, -0.2) is 0 Å². The van der Waals surface area contributed by atoms with Gasteiger partial charge in [-0.15, -0.1) is 0 Å². The second-order valence-electron chi connectivity index (χ2n) is 5.04. The number of halogens is 1. The fraction of sp³-hybridized carbons (Fsp3) is 0.158. The molecule has 0 bridgehead atoms. The van der Waals surface area contributed by atoms with Crippen LogP contribution < -0.4 is 10.1 Å². The first kappa shape index (κ1) is 17.6. The Bertz CT molecular complexity index is 805. The van der Waals surface area contributed by atoms with E-state index in [0.29, 0.717) is 17.3 Å². The Balaban J connectivity index is 2.19. The van der Waals surface area contributed by atoms with Crippen molar-refractivity contribution in [3.05, 3.63) is 64.2 Å². The Morgan fingerprint density at radius 2 is 2.00 bits per heavy atom. The predicted octanol–water partition coefficient (Wildman–Crippen LogP) is 4.59. The van der Waals surface area contributed by atoms with E-state index >= 15 is 0 Å². The number of hydrogen-bond donors (Lipinski definition) is 1. The van der Waals surface area contributed by atoms with Gasteiger partial charge in [0.25, 0.3) is 5.91 Å². The van der Waals surface area contributed by atoms with Gasteiger partial charge >= 0.3 is 0 Å². The van der Waals surface area contributed by atoms with Crippen molar-refractivity contribution in [3.63, 3.8) is 0 Å². The van der Waals surface area contributed by atoms with Gasteiger partial charge in [0.15, 0.2) is 0 Å². The fourth-order valence-corrected chi connectivity index (χ4v) is 2.25. The maximum absolute atomic E-state index is 12.3. The molecule has 24 heavy (non-hydrogen) atoms. The van der Waals surface area contributed by atoms with Crippen molar-refractivity contribution in [2.75, 3.05) is 11.9 Å². The molecular formula is C19H17ClN2O2. The largest absolute Gasteiger partial charge is 0.494 e. The van der Waals surface area contributed by atoms with Crippen LogP contribution in [0.1, 0.15) is 18.1 Å². The average molecular weight is 341 g/mol. The number of nitrogens with one attached hydrogen (secondary N) is 1.